The van der Waals surface area contributed by atoms with Gasteiger partial charge in [-0.3, -0.25) is 4.79 Å². The van der Waals surface area contributed by atoms with E-state index < -0.39 is 15.9 Å². The van der Waals surface area contributed by atoms with Crippen molar-refractivity contribution in [2.24, 2.45) is 0 Å². The van der Waals surface area contributed by atoms with E-state index in [-0.39, 0.29) is 34.3 Å². The molecule has 1 saturated heterocycles. The van der Waals surface area contributed by atoms with E-state index in [2.05, 4.69) is 10.6 Å². The summed E-state index contributed by atoms with van der Waals surface area (Å²) in [5.74, 6) is -0.590. The third-order valence-electron chi connectivity index (χ3n) is 5.20. The molecule has 2 N–H and O–H groups in total. The van der Waals surface area contributed by atoms with E-state index in [1.807, 2.05) is 39.0 Å². The van der Waals surface area contributed by atoms with E-state index >= 15 is 0 Å². The fourth-order valence-electron chi connectivity index (χ4n) is 3.57. The van der Waals surface area contributed by atoms with Gasteiger partial charge in [0, 0.05) is 25.0 Å². The lowest BCUT2D eigenvalue weighted by atomic mass is 10.0. The van der Waals surface area contributed by atoms with Crippen LogP contribution in [0.3, 0.4) is 0 Å². The second-order valence-electron chi connectivity index (χ2n) is 7.70. The van der Waals surface area contributed by atoms with Crippen molar-refractivity contribution in [3.8, 4) is 6.07 Å². The van der Waals surface area contributed by atoms with Crippen LogP contribution >= 0.6 is 11.6 Å². The molecule has 0 aromatic heterocycles. The van der Waals surface area contributed by atoms with Gasteiger partial charge < -0.3 is 15.4 Å². The molecule has 0 aliphatic carbocycles. The highest BCUT2D eigenvalue weighted by Gasteiger charge is 2.27. The summed E-state index contributed by atoms with van der Waals surface area (Å²) in [6, 6.07) is 10.00. The Morgan fingerprint density at radius 1 is 1.15 bits per heavy atom. The van der Waals surface area contributed by atoms with Crippen molar-refractivity contribution in [2.75, 3.05) is 36.9 Å². The van der Waals surface area contributed by atoms with E-state index in [0.717, 1.165) is 16.7 Å². The van der Waals surface area contributed by atoms with Gasteiger partial charge in [0.1, 0.15) is 11.6 Å². The Bertz CT molecular complexity index is 1220. The third kappa shape index (κ3) is 5.72. The van der Waals surface area contributed by atoms with Crippen molar-refractivity contribution in [1.82, 2.24) is 4.31 Å². The van der Waals surface area contributed by atoms with Crippen molar-refractivity contribution in [1.29, 1.82) is 5.26 Å². The minimum absolute atomic E-state index is 0.0542. The molecule has 1 heterocycles. The van der Waals surface area contributed by atoms with Crippen LogP contribution in [0.25, 0.3) is 0 Å². The predicted octanol–water partition coefficient (Wildman–Crippen LogP) is 3.74. The Morgan fingerprint density at radius 2 is 1.79 bits per heavy atom. The lowest BCUT2D eigenvalue weighted by Gasteiger charge is -2.26. The van der Waals surface area contributed by atoms with Crippen molar-refractivity contribution >= 4 is 38.9 Å². The van der Waals surface area contributed by atoms with Gasteiger partial charge in [0.05, 0.1) is 28.8 Å². The first kappa shape index (κ1) is 24.7. The van der Waals surface area contributed by atoms with Gasteiger partial charge in [-0.25, -0.2) is 8.42 Å². The third-order valence-corrected chi connectivity index (χ3v) is 7.42. The Labute approximate surface area is 198 Å². The fourth-order valence-corrected chi connectivity index (χ4v) is 5.17. The number of hydrogen-bond donors (Lipinski definition) is 2. The Hall–Kier alpha value is -2.90. The molecule has 0 unspecified atom stereocenters. The monoisotopic (exact) mass is 488 g/mol. The summed E-state index contributed by atoms with van der Waals surface area (Å²) in [5, 5.41) is 15.3. The molecule has 10 heteroatoms. The lowest BCUT2D eigenvalue weighted by molar-refractivity contribution is -0.112. The normalized spacial score (nSPS) is 15.1. The van der Waals surface area contributed by atoms with Gasteiger partial charge in [-0.15, -0.1) is 0 Å². The van der Waals surface area contributed by atoms with Crippen molar-refractivity contribution < 1.29 is 17.9 Å². The number of nitriles is 1. The molecule has 2 aromatic carbocycles. The first-order valence-electron chi connectivity index (χ1n) is 10.3. The van der Waals surface area contributed by atoms with Crippen LogP contribution in [0, 0.1) is 32.1 Å². The molecular weight excluding hydrogens is 464 g/mol. The molecule has 0 radical (unpaired) electrons. The van der Waals surface area contributed by atoms with Gasteiger partial charge in [-0.2, -0.15) is 9.57 Å². The van der Waals surface area contributed by atoms with Crippen LogP contribution in [-0.4, -0.2) is 44.9 Å². The summed E-state index contributed by atoms with van der Waals surface area (Å²) in [6.45, 7) is 6.93. The average Bonchev–Trinajstić information content (AvgIpc) is 2.78. The molecule has 8 nitrogen and oxygen atoms in total. The second-order valence-corrected chi connectivity index (χ2v) is 10.0. The smallest absolute Gasteiger partial charge is 0.267 e. The van der Waals surface area contributed by atoms with Crippen LogP contribution in [0.4, 0.5) is 11.4 Å². The molecule has 1 fully saturated rings. The Morgan fingerprint density at radius 3 is 2.39 bits per heavy atom. The zero-order valence-electron chi connectivity index (χ0n) is 18.6. The van der Waals surface area contributed by atoms with E-state index in [9.17, 15) is 18.5 Å². The van der Waals surface area contributed by atoms with Crippen LogP contribution in [0.1, 0.15) is 16.7 Å². The molecule has 1 aliphatic heterocycles. The standard InChI is InChI=1S/C23H25ClN4O4S/c1-15-10-16(2)22(17(3)11-15)27-23(29)18(13-25)14-26-21-12-19(4-5-20(21)24)33(30,31)28-6-8-32-9-7-28/h4-5,10-12,14,26H,6-9H2,1-3H3,(H,27,29)/b18-14-. The highest BCUT2D eigenvalue weighted by Crippen LogP contribution is 2.28. The lowest BCUT2D eigenvalue weighted by Crippen LogP contribution is -2.40. The maximum Gasteiger partial charge on any atom is 0.267 e. The molecule has 0 spiro atoms. The van der Waals surface area contributed by atoms with Gasteiger partial charge in [-0.1, -0.05) is 29.3 Å². The molecular formula is C23H25ClN4O4S. The first-order chi connectivity index (χ1) is 15.6. The molecule has 1 amide bonds. The van der Waals surface area contributed by atoms with Crippen LogP contribution in [0.15, 0.2) is 47.0 Å². The molecule has 3 rings (SSSR count). The number of nitrogens with zero attached hydrogens (tertiary/aromatic N) is 2. The van der Waals surface area contributed by atoms with E-state index in [1.54, 1.807) is 0 Å². The molecule has 0 bridgehead atoms. The molecule has 174 valence electrons. The molecule has 2 aromatic rings. The summed E-state index contributed by atoms with van der Waals surface area (Å²) < 4.78 is 32.4. The van der Waals surface area contributed by atoms with Gasteiger partial charge in [0.15, 0.2) is 0 Å². The number of halogens is 1. The SMILES string of the molecule is Cc1cc(C)c(NC(=O)/C(C#N)=C\Nc2cc(S(=O)(=O)N3CCOCC3)ccc2Cl)c(C)c1. The highest BCUT2D eigenvalue weighted by atomic mass is 35.5. The number of anilines is 2. The van der Waals surface area contributed by atoms with Crippen LogP contribution in [0.5, 0.6) is 0 Å². The molecule has 0 saturated carbocycles. The molecule has 0 atom stereocenters. The Kier molecular flexibility index (Phi) is 7.76. The first-order valence-corrected chi connectivity index (χ1v) is 12.1. The van der Waals surface area contributed by atoms with Gasteiger partial charge in [0.2, 0.25) is 10.0 Å². The Balaban J connectivity index is 1.82. The average molecular weight is 489 g/mol. The largest absolute Gasteiger partial charge is 0.379 e. The van der Waals surface area contributed by atoms with Crippen molar-refractivity contribution in [2.45, 2.75) is 25.7 Å². The number of sulfonamides is 1. The number of aryl methyl sites for hydroxylation is 3. The number of rotatable bonds is 6. The summed E-state index contributed by atoms with van der Waals surface area (Å²) >= 11 is 6.22. The zero-order valence-corrected chi connectivity index (χ0v) is 20.2. The number of benzene rings is 2. The van der Waals surface area contributed by atoms with Gasteiger partial charge in [-0.05, 0) is 50.1 Å². The fraction of sp³-hybridized carbons (Fsp3) is 0.304. The predicted molar refractivity (Wildman–Crippen MR) is 128 cm³/mol. The van der Waals surface area contributed by atoms with Crippen LogP contribution in [0.2, 0.25) is 5.02 Å². The zero-order chi connectivity index (χ0) is 24.2. The summed E-state index contributed by atoms with van der Waals surface area (Å²) in [6.07, 6.45) is 1.21. The number of carbonyl (C=O) groups is 1. The quantitative estimate of drug-likeness (QED) is 0.473. The van der Waals surface area contributed by atoms with E-state index in [1.165, 1.54) is 28.7 Å². The number of hydrogen-bond acceptors (Lipinski definition) is 6. The number of ether oxygens (including phenoxy) is 1. The van der Waals surface area contributed by atoms with Crippen molar-refractivity contribution in [3.63, 3.8) is 0 Å². The number of nitrogens with one attached hydrogen (secondary N) is 2. The van der Waals surface area contributed by atoms with E-state index in [4.69, 9.17) is 16.3 Å². The molecule has 33 heavy (non-hydrogen) atoms. The van der Waals surface area contributed by atoms with Crippen LogP contribution in [-0.2, 0) is 19.6 Å². The molecule has 1 aliphatic rings. The van der Waals surface area contributed by atoms with Gasteiger partial charge >= 0.3 is 0 Å². The topological polar surface area (TPSA) is 112 Å². The summed E-state index contributed by atoms with van der Waals surface area (Å²) in [4.78, 5) is 12.7. The maximum atomic E-state index is 12.9. The number of amides is 1. The second kappa shape index (κ2) is 10.4. The van der Waals surface area contributed by atoms with Crippen LogP contribution < -0.4 is 10.6 Å². The minimum atomic E-state index is -3.73. The van der Waals surface area contributed by atoms with Gasteiger partial charge in [0.25, 0.3) is 5.91 Å². The van der Waals surface area contributed by atoms with Crippen molar-refractivity contribution in [3.05, 3.63) is 63.8 Å². The maximum absolute atomic E-state index is 12.9. The highest BCUT2D eigenvalue weighted by molar-refractivity contribution is 7.89. The summed E-state index contributed by atoms with van der Waals surface area (Å²) in [5.41, 5.74) is 3.55. The van der Waals surface area contributed by atoms with E-state index in [0.29, 0.717) is 18.9 Å². The summed E-state index contributed by atoms with van der Waals surface area (Å²) in [7, 11) is -3.73. The minimum Gasteiger partial charge on any atom is -0.379 e. The number of morpholine rings is 1. The number of carbonyl (C=O) groups excluding carboxylic acids is 1.